The minimum absolute atomic E-state index is 0.0961. The van der Waals surface area contributed by atoms with E-state index in [1.807, 2.05) is 0 Å². The molecule has 0 aromatic rings. The van der Waals surface area contributed by atoms with Crippen LogP contribution in [0.25, 0.3) is 0 Å². The molecule has 0 spiro atoms. The average molecular weight is 867 g/mol. The molecule has 0 aliphatic carbocycles. The van der Waals surface area contributed by atoms with Crippen molar-refractivity contribution in [3.8, 4) is 0 Å². The van der Waals surface area contributed by atoms with Crippen molar-refractivity contribution in [2.75, 3.05) is 13.2 Å². The molecule has 0 aromatic heterocycles. The number of carbonyl (C=O) groups excluding carboxylic acids is 3. The summed E-state index contributed by atoms with van der Waals surface area (Å²) in [5, 5.41) is 0. The highest BCUT2D eigenvalue weighted by Crippen LogP contribution is 2.13. The molecule has 0 amide bonds. The summed E-state index contributed by atoms with van der Waals surface area (Å²) >= 11 is 0. The Labute approximate surface area is 383 Å². The van der Waals surface area contributed by atoms with Crippen LogP contribution < -0.4 is 0 Å². The Morgan fingerprint density at radius 2 is 0.581 bits per heavy atom. The monoisotopic (exact) mass is 867 g/mol. The standard InChI is InChI=1S/C56H98O6/c1-4-7-10-13-16-19-22-25-27-29-31-34-37-40-43-46-49-55(58)61-52-53(51-60-54(57)48-45-42-39-36-33-30-24-21-18-15-12-9-6-3)62-56(59)50-47-44-41-38-35-32-28-26-23-20-17-14-11-8-5-2/h17,20-21,24,26-29,35,38,53H,4-16,18-19,22-23,25,30-34,36-37,39-52H2,1-3H3/b20-17-,24-21-,28-26-,29-27-,38-35-/t53-/m1/s1. The number of esters is 3. The lowest BCUT2D eigenvalue weighted by Gasteiger charge is -2.18. The van der Waals surface area contributed by atoms with Gasteiger partial charge in [0.05, 0.1) is 0 Å². The van der Waals surface area contributed by atoms with E-state index >= 15 is 0 Å². The molecule has 0 radical (unpaired) electrons. The molecule has 0 unspecified atom stereocenters. The fraction of sp³-hybridized carbons (Fsp3) is 0.768. The molecule has 0 aliphatic rings. The third-order valence-electron chi connectivity index (χ3n) is 11.2. The lowest BCUT2D eigenvalue weighted by molar-refractivity contribution is -0.167. The Morgan fingerprint density at radius 1 is 0.323 bits per heavy atom. The van der Waals surface area contributed by atoms with Crippen LogP contribution >= 0.6 is 0 Å². The van der Waals surface area contributed by atoms with Crippen LogP contribution in [0.2, 0.25) is 0 Å². The highest BCUT2D eigenvalue weighted by Gasteiger charge is 2.19. The quantitative estimate of drug-likeness (QED) is 0.0262. The Bertz CT molecular complexity index is 1130. The first-order chi connectivity index (χ1) is 30.5. The van der Waals surface area contributed by atoms with Gasteiger partial charge in [0, 0.05) is 19.3 Å². The van der Waals surface area contributed by atoms with E-state index in [1.54, 1.807) is 0 Å². The van der Waals surface area contributed by atoms with Crippen LogP contribution in [-0.2, 0) is 28.6 Å². The van der Waals surface area contributed by atoms with Gasteiger partial charge in [0.25, 0.3) is 0 Å². The second-order valence-corrected chi connectivity index (χ2v) is 17.4. The van der Waals surface area contributed by atoms with E-state index < -0.39 is 6.10 Å². The van der Waals surface area contributed by atoms with Crippen molar-refractivity contribution >= 4 is 17.9 Å². The number of allylic oxidation sites excluding steroid dienone is 10. The number of carbonyl (C=O) groups is 3. The molecule has 0 saturated carbocycles. The maximum Gasteiger partial charge on any atom is 0.306 e. The highest BCUT2D eigenvalue weighted by atomic mass is 16.6. The van der Waals surface area contributed by atoms with Gasteiger partial charge in [0.1, 0.15) is 13.2 Å². The number of rotatable bonds is 47. The van der Waals surface area contributed by atoms with Gasteiger partial charge in [0.2, 0.25) is 0 Å². The van der Waals surface area contributed by atoms with E-state index in [0.29, 0.717) is 19.3 Å². The second kappa shape index (κ2) is 50.8. The van der Waals surface area contributed by atoms with E-state index in [2.05, 4.69) is 81.5 Å². The average Bonchev–Trinajstić information content (AvgIpc) is 3.27. The fourth-order valence-electron chi connectivity index (χ4n) is 7.20. The summed E-state index contributed by atoms with van der Waals surface area (Å²) in [6.45, 7) is 6.55. The van der Waals surface area contributed by atoms with Crippen LogP contribution in [0, 0.1) is 0 Å². The predicted molar refractivity (Wildman–Crippen MR) is 265 cm³/mol. The van der Waals surface area contributed by atoms with E-state index in [1.165, 1.54) is 135 Å². The molecule has 0 saturated heterocycles. The first kappa shape index (κ1) is 59.1. The van der Waals surface area contributed by atoms with Gasteiger partial charge in [-0.2, -0.15) is 0 Å². The van der Waals surface area contributed by atoms with Gasteiger partial charge >= 0.3 is 17.9 Å². The Morgan fingerprint density at radius 3 is 1.00 bits per heavy atom. The molecule has 0 bridgehead atoms. The van der Waals surface area contributed by atoms with Crippen molar-refractivity contribution in [3.63, 3.8) is 0 Å². The van der Waals surface area contributed by atoms with Gasteiger partial charge in [-0.15, -0.1) is 0 Å². The third kappa shape index (κ3) is 48.1. The molecule has 1 atom stereocenters. The summed E-state index contributed by atoms with van der Waals surface area (Å²) in [6, 6.07) is 0. The molecule has 6 heteroatoms. The van der Waals surface area contributed by atoms with Gasteiger partial charge in [-0.05, 0) is 109 Å². The molecule has 0 rings (SSSR count). The summed E-state index contributed by atoms with van der Waals surface area (Å²) in [4.78, 5) is 38.0. The number of hydrogen-bond donors (Lipinski definition) is 0. The van der Waals surface area contributed by atoms with Crippen molar-refractivity contribution in [1.82, 2.24) is 0 Å². The summed E-state index contributed by atoms with van der Waals surface area (Å²) in [5.41, 5.74) is 0. The lowest BCUT2D eigenvalue weighted by atomic mass is 10.1. The van der Waals surface area contributed by atoms with Crippen molar-refractivity contribution in [2.24, 2.45) is 0 Å². The van der Waals surface area contributed by atoms with Crippen LogP contribution in [0.4, 0.5) is 0 Å². The van der Waals surface area contributed by atoms with Crippen LogP contribution in [0.5, 0.6) is 0 Å². The van der Waals surface area contributed by atoms with E-state index in [-0.39, 0.29) is 37.5 Å². The maximum absolute atomic E-state index is 12.8. The highest BCUT2D eigenvalue weighted by molar-refractivity contribution is 5.71. The van der Waals surface area contributed by atoms with Gasteiger partial charge in [-0.3, -0.25) is 14.4 Å². The summed E-state index contributed by atoms with van der Waals surface area (Å²) in [5.74, 6) is -0.947. The van der Waals surface area contributed by atoms with Crippen LogP contribution in [0.1, 0.15) is 258 Å². The normalized spacial score (nSPS) is 12.5. The SMILES string of the molecule is CCCCC/C=C\C/C=C\C/C=C\CCCCC(=O)O[C@H](COC(=O)CCCCCCC/C=C\CCCCCC)COC(=O)CCCCCCC/C=C\CCCCCCCCC. The molecular weight excluding hydrogens is 769 g/mol. The zero-order chi connectivity index (χ0) is 45.1. The molecular formula is C56H98O6. The number of unbranched alkanes of at least 4 members (excludes halogenated alkanes) is 26. The first-order valence-corrected chi connectivity index (χ1v) is 26.3. The van der Waals surface area contributed by atoms with Crippen molar-refractivity contribution in [2.45, 2.75) is 264 Å². The summed E-state index contributed by atoms with van der Waals surface area (Å²) in [7, 11) is 0. The molecule has 0 N–H and O–H groups in total. The molecule has 6 nitrogen and oxygen atoms in total. The first-order valence-electron chi connectivity index (χ1n) is 26.3. The second-order valence-electron chi connectivity index (χ2n) is 17.4. The van der Waals surface area contributed by atoms with Crippen molar-refractivity contribution in [1.29, 1.82) is 0 Å². The summed E-state index contributed by atoms with van der Waals surface area (Å²) < 4.78 is 16.8. The Kier molecular flexibility index (Phi) is 48.4. The maximum atomic E-state index is 12.8. The molecule has 358 valence electrons. The van der Waals surface area contributed by atoms with E-state index in [0.717, 1.165) is 77.0 Å². The van der Waals surface area contributed by atoms with Gasteiger partial charge in [0.15, 0.2) is 6.10 Å². The van der Waals surface area contributed by atoms with Crippen LogP contribution in [-0.4, -0.2) is 37.2 Å². The lowest BCUT2D eigenvalue weighted by Crippen LogP contribution is -2.30. The predicted octanol–water partition coefficient (Wildman–Crippen LogP) is 17.3. The topological polar surface area (TPSA) is 78.9 Å². The largest absolute Gasteiger partial charge is 0.462 e. The number of ether oxygens (including phenoxy) is 3. The minimum Gasteiger partial charge on any atom is -0.462 e. The smallest absolute Gasteiger partial charge is 0.306 e. The van der Waals surface area contributed by atoms with E-state index in [4.69, 9.17) is 14.2 Å². The molecule has 0 fully saturated rings. The van der Waals surface area contributed by atoms with Gasteiger partial charge in [-0.1, -0.05) is 191 Å². The van der Waals surface area contributed by atoms with E-state index in [9.17, 15) is 14.4 Å². The van der Waals surface area contributed by atoms with Crippen LogP contribution in [0.15, 0.2) is 60.8 Å². The zero-order valence-electron chi connectivity index (χ0n) is 40.9. The van der Waals surface area contributed by atoms with Crippen molar-refractivity contribution in [3.05, 3.63) is 60.8 Å². The summed E-state index contributed by atoms with van der Waals surface area (Å²) in [6.07, 6.45) is 62.0. The number of hydrogen-bond acceptors (Lipinski definition) is 6. The van der Waals surface area contributed by atoms with Gasteiger partial charge < -0.3 is 14.2 Å². The molecule has 62 heavy (non-hydrogen) atoms. The van der Waals surface area contributed by atoms with Gasteiger partial charge in [-0.25, -0.2) is 0 Å². The molecule has 0 aromatic carbocycles. The van der Waals surface area contributed by atoms with Crippen LogP contribution in [0.3, 0.4) is 0 Å². The molecule has 0 heterocycles. The third-order valence-corrected chi connectivity index (χ3v) is 11.2. The molecule has 0 aliphatic heterocycles. The Balaban J connectivity index is 4.46. The zero-order valence-corrected chi connectivity index (χ0v) is 40.9. The fourth-order valence-corrected chi connectivity index (χ4v) is 7.20. The minimum atomic E-state index is -0.799. The van der Waals surface area contributed by atoms with Crippen molar-refractivity contribution < 1.29 is 28.6 Å². The Hall–Kier alpha value is -2.89.